The van der Waals surface area contributed by atoms with E-state index < -0.39 is 35.6 Å². The molecule has 9 nitrogen and oxygen atoms in total. The minimum Gasteiger partial charge on any atom is -0.478 e. The maximum atomic E-state index is 13.0. The maximum Gasteiger partial charge on any atom is 0.335 e. The average Bonchev–Trinajstić information content (AvgIpc) is 2.94. The summed E-state index contributed by atoms with van der Waals surface area (Å²) in [6, 6.07) is 9.59. The summed E-state index contributed by atoms with van der Waals surface area (Å²) in [6.45, 7) is 0. The van der Waals surface area contributed by atoms with Gasteiger partial charge in [0.15, 0.2) is 0 Å². The number of hydrogen-bond donors (Lipinski definition) is 3. The van der Waals surface area contributed by atoms with Crippen LogP contribution in [0.4, 0.5) is 11.4 Å². The molecule has 9 heteroatoms. The number of carboxylic acid groups (broad SMARTS) is 1. The number of benzene rings is 2. The molecular formula is C20H15N3O6. The first-order valence-corrected chi connectivity index (χ1v) is 8.82. The molecule has 2 aliphatic rings. The van der Waals surface area contributed by atoms with Gasteiger partial charge in [-0.1, -0.05) is 6.07 Å². The summed E-state index contributed by atoms with van der Waals surface area (Å²) < 4.78 is 0. The highest BCUT2D eigenvalue weighted by Crippen LogP contribution is 2.33. The molecule has 0 saturated carbocycles. The lowest BCUT2D eigenvalue weighted by Crippen LogP contribution is -2.54. The molecule has 2 aromatic rings. The van der Waals surface area contributed by atoms with E-state index in [0.717, 1.165) is 4.90 Å². The van der Waals surface area contributed by atoms with Crippen molar-refractivity contribution >= 4 is 41.0 Å². The van der Waals surface area contributed by atoms with Gasteiger partial charge in [0.2, 0.25) is 11.8 Å². The zero-order valence-electron chi connectivity index (χ0n) is 15.0. The summed E-state index contributed by atoms with van der Waals surface area (Å²) in [5, 5.41) is 14.2. The highest BCUT2D eigenvalue weighted by molar-refractivity contribution is 6.25. The molecule has 2 aliphatic heterocycles. The number of nitrogens with one attached hydrogen (secondary N) is 2. The Hall–Kier alpha value is -4.01. The number of carbonyl (C=O) groups is 5. The highest BCUT2D eigenvalue weighted by Gasteiger charge is 2.45. The van der Waals surface area contributed by atoms with Gasteiger partial charge in [0.05, 0.1) is 22.4 Å². The highest BCUT2D eigenvalue weighted by atomic mass is 16.4. The zero-order chi connectivity index (χ0) is 20.7. The SMILES string of the molecule is O=C1CCC(N2C(=O)c3cccc(Nc4ccc(C(=O)O)cc4)c3C2=O)C(=O)N1. The van der Waals surface area contributed by atoms with Crippen LogP contribution in [0.25, 0.3) is 0 Å². The summed E-state index contributed by atoms with van der Waals surface area (Å²) in [7, 11) is 0. The van der Waals surface area contributed by atoms with Crippen LogP contribution < -0.4 is 10.6 Å². The summed E-state index contributed by atoms with van der Waals surface area (Å²) in [5.74, 6) is -3.38. The van der Waals surface area contributed by atoms with Crippen molar-refractivity contribution in [2.24, 2.45) is 0 Å². The predicted octanol–water partition coefficient (Wildman–Crippen LogP) is 1.53. The minimum atomic E-state index is -1.06. The smallest absolute Gasteiger partial charge is 0.335 e. The van der Waals surface area contributed by atoms with Crippen LogP contribution in [0.1, 0.15) is 43.9 Å². The molecule has 0 aliphatic carbocycles. The molecule has 2 aromatic carbocycles. The quantitative estimate of drug-likeness (QED) is 0.671. The molecule has 29 heavy (non-hydrogen) atoms. The van der Waals surface area contributed by atoms with Gasteiger partial charge in [0.1, 0.15) is 6.04 Å². The fourth-order valence-corrected chi connectivity index (χ4v) is 3.47. The first-order valence-electron chi connectivity index (χ1n) is 8.82. The molecule has 0 bridgehead atoms. The van der Waals surface area contributed by atoms with E-state index >= 15 is 0 Å². The Labute approximate surface area is 164 Å². The topological polar surface area (TPSA) is 133 Å². The monoisotopic (exact) mass is 393 g/mol. The van der Waals surface area contributed by atoms with Crippen molar-refractivity contribution in [1.29, 1.82) is 0 Å². The van der Waals surface area contributed by atoms with E-state index in [1.54, 1.807) is 24.3 Å². The molecule has 0 aromatic heterocycles. The Bertz CT molecular complexity index is 1080. The number of carboxylic acids is 1. The van der Waals surface area contributed by atoms with Crippen LogP contribution in [0.15, 0.2) is 42.5 Å². The Morgan fingerprint density at radius 1 is 1.03 bits per heavy atom. The number of hydrogen-bond acceptors (Lipinski definition) is 6. The maximum absolute atomic E-state index is 13.0. The molecule has 2 heterocycles. The van der Waals surface area contributed by atoms with E-state index in [4.69, 9.17) is 5.11 Å². The van der Waals surface area contributed by atoms with Gasteiger partial charge >= 0.3 is 5.97 Å². The van der Waals surface area contributed by atoms with Crippen LogP contribution in [0.3, 0.4) is 0 Å². The molecule has 1 unspecified atom stereocenters. The Kier molecular flexibility index (Phi) is 4.34. The van der Waals surface area contributed by atoms with Crippen molar-refractivity contribution < 1.29 is 29.1 Å². The van der Waals surface area contributed by atoms with Crippen molar-refractivity contribution in [2.75, 3.05) is 5.32 Å². The van der Waals surface area contributed by atoms with Crippen LogP contribution >= 0.6 is 0 Å². The summed E-state index contributed by atoms with van der Waals surface area (Å²) in [4.78, 5) is 61.2. The number of piperidine rings is 1. The van der Waals surface area contributed by atoms with Crippen molar-refractivity contribution in [3.05, 3.63) is 59.2 Å². The lowest BCUT2D eigenvalue weighted by Gasteiger charge is -2.27. The minimum absolute atomic E-state index is 0.0465. The van der Waals surface area contributed by atoms with Gasteiger partial charge in [-0.25, -0.2) is 4.79 Å². The van der Waals surface area contributed by atoms with Crippen molar-refractivity contribution in [2.45, 2.75) is 18.9 Å². The fraction of sp³-hybridized carbons (Fsp3) is 0.150. The normalized spacial score (nSPS) is 18.5. The van der Waals surface area contributed by atoms with Crippen LogP contribution in [0, 0.1) is 0 Å². The number of imide groups is 2. The predicted molar refractivity (Wildman–Crippen MR) is 99.8 cm³/mol. The molecule has 1 atom stereocenters. The van der Waals surface area contributed by atoms with E-state index in [1.807, 2.05) is 0 Å². The Morgan fingerprint density at radius 2 is 1.76 bits per heavy atom. The second kappa shape index (κ2) is 6.86. The fourth-order valence-electron chi connectivity index (χ4n) is 3.47. The average molecular weight is 393 g/mol. The number of rotatable bonds is 4. The van der Waals surface area contributed by atoms with E-state index in [1.165, 1.54) is 18.2 Å². The first-order chi connectivity index (χ1) is 13.9. The number of amides is 4. The van der Waals surface area contributed by atoms with Crippen LogP contribution in [0.2, 0.25) is 0 Å². The lowest BCUT2D eigenvalue weighted by molar-refractivity contribution is -0.136. The molecule has 0 spiro atoms. The third kappa shape index (κ3) is 3.12. The van der Waals surface area contributed by atoms with Gasteiger partial charge in [-0.15, -0.1) is 0 Å². The van der Waals surface area contributed by atoms with E-state index in [9.17, 15) is 24.0 Å². The number of anilines is 2. The lowest BCUT2D eigenvalue weighted by atomic mass is 10.0. The number of fused-ring (bicyclic) bond motifs is 1. The molecule has 146 valence electrons. The van der Waals surface area contributed by atoms with Crippen LogP contribution in [-0.2, 0) is 9.59 Å². The first kappa shape index (κ1) is 18.4. The van der Waals surface area contributed by atoms with E-state index in [-0.39, 0.29) is 29.5 Å². The molecule has 4 amide bonds. The molecule has 1 fully saturated rings. The molecule has 4 rings (SSSR count). The molecule has 1 saturated heterocycles. The standard InChI is InChI=1S/C20H15N3O6/c24-15-9-8-14(17(25)22-15)23-18(26)12-2-1-3-13(16(12)19(23)27)21-11-6-4-10(5-7-11)20(28)29/h1-7,14,21H,8-9H2,(H,28,29)(H,22,24,25). The van der Waals surface area contributed by atoms with E-state index in [0.29, 0.717) is 11.4 Å². The van der Waals surface area contributed by atoms with Gasteiger partial charge < -0.3 is 10.4 Å². The second-order valence-electron chi connectivity index (χ2n) is 6.68. The second-order valence-corrected chi connectivity index (χ2v) is 6.68. The molecule has 0 radical (unpaired) electrons. The van der Waals surface area contributed by atoms with Gasteiger partial charge in [-0.2, -0.15) is 0 Å². The summed E-state index contributed by atoms with van der Waals surface area (Å²) in [5.41, 5.74) is 1.29. The zero-order valence-corrected chi connectivity index (χ0v) is 15.0. The summed E-state index contributed by atoms with van der Waals surface area (Å²) in [6.07, 6.45) is 0.125. The molecular weight excluding hydrogens is 378 g/mol. The van der Waals surface area contributed by atoms with Gasteiger partial charge in [-0.3, -0.25) is 29.4 Å². The van der Waals surface area contributed by atoms with Crippen molar-refractivity contribution in [3.8, 4) is 0 Å². The Morgan fingerprint density at radius 3 is 2.41 bits per heavy atom. The largest absolute Gasteiger partial charge is 0.478 e. The number of carbonyl (C=O) groups excluding carboxylic acids is 4. The summed E-state index contributed by atoms with van der Waals surface area (Å²) >= 11 is 0. The number of nitrogens with zero attached hydrogens (tertiary/aromatic N) is 1. The van der Waals surface area contributed by atoms with Gasteiger partial charge in [-0.05, 0) is 42.8 Å². The molecule has 3 N–H and O–H groups in total. The van der Waals surface area contributed by atoms with Gasteiger partial charge in [0.25, 0.3) is 11.8 Å². The van der Waals surface area contributed by atoms with Gasteiger partial charge in [0, 0.05) is 12.1 Å². The Balaban J connectivity index is 1.65. The van der Waals surface area contributed by atoms with Crippen molar-refractivity contribution in [3.63, 3.8) is 0 Å². The van der Waals surface area contributed by atoms with Crippen LogP contribution in [-0.4, -0.2) is 45.6 Å². The third-order valence-corrected chi connectivity index (χ3v) is 4.88. The van der Waals surface area contributed by atoms with Crippen molar-refractivity contribution in [1.82, 2.24) is 10.2 Å². The van der Waals surface area contributed by atoms with Crippen LogP contribution in [0.5, 0.6) is 0 Å². The number of aromatic carboxylic acids is 1. The van der Waals surface area contributed by atoms with E-state index in [2.05, 4.69) is 10.6 Å². The third-order valence-electron chi connectivity index (χ3n) is 4.88.